The van der Waals surface area contributed by atoms with Gasteiger partial charge in [0.1, 0.15) is 0 Å². The Hall–Kier alpha value is -1.67. The number of nitrogens with zero attached hydrogens (tertiary/aromatic N) is 2. The fourth-order valence-corrected chi connectivity index (χ4v) is 2.82. The van der Waals surface area contributed by atoms with Crippen molar-refractivity contribution in [3.8, 4) is 0 Å². The van der Waals surface area contributed by atoms with Gasteiger partial charge in [-0.25, -0.2) is 9.97 Å². The Bertz CT molecular complexity index is 740. The molecule has 0 radical (unpaired) electrons. The molecule has 0 aliphatic heterocycles. The van der Waals surface area contributed by atoms with Gasteiger partial charge in [-0.3, -0.25) is 0 Å². The van der Waals surface area contributed by atoms with Gasteiger partial charge in [0.25, 0.3) is 0 Å². The number of para-hydroxylation sites is 3. The molecule has 0 spiro atoms. The molecule has 2 nitrogen and oxygen atoms in total. The third kappa shape index (κ3) is 3.75. The summed E-state index contributed by atoms with van der Waals surface area (Å²) in [7, 11) is 0. The number of rotatable bonds is 6. The van der Waals surface area contributed by atoms with E-state index in [0.717, 1.165) is 28.5 Å². The lowest BCUT2D eigenvalue weighted by molar-refractivity contribution is 0.633. The summed E-state index contributed by atoms with van der Waals surface area (Å²) in [5.74, 6) is 0. The summed E-state index contributed by atoms with van der Waals surface area (Å²) in [5, 5.41) is 0. The molecule has 0 aliphatic rings. The molecule has 0 atom stereocenters. The van der Waals surface area contributed by atoms with Crippen molar-refractivity contribution in [1.29, 1.82) is 0 Å². The predicted molar refractivity (Wildman–Crippen MR) is 96.8 cm³/mol. The molecule has 1 heterocycles. The van der Waals surface area contributed by atoms with E-state index in [2.05, 4.69) is 25.1 Å². The SMILES string of the molecule is CCCCCCCc1cccc2nc3ccccc3nc12.Cl. The van der Waals surface area contributed by atoms with Crippen LogP contribution in [0.15, 0.2) is 42.5 Å². The highest BCUT2D eigenvalue weighted by molar-refractivity contribution is 5.87. The Morgan fingerprint density at radius 3 is 2.18 bits per heavy atom. The highest BCUT2D eigenvalue weighted by atomic mass is 35.5. The van der Waals surface area contributed by atoms with E-state index in [4.69, 9.17) is 9.97 Å². The molecule has 0 amide bonds. The minimum atomic E-state index is 0. The van der Waals surface area contributed by atoms with Gasteiger partial charge in [0.05, 0.1) is 22.1 Å². The van der Waals surface area contributed by atoms with Crippen LogP contribution in [0.5, 0.6) is 0 Å². The number of aryl methyl sites for hydroxylation is 1. The summed E-state index contributed by atoms with van der Waals surface area (Å²) in [6.07, 6.45) is 7.65. The molecule has 0 unspecified atom stereocenters. The first-order valence-electron chi connectivity index (χ1n) is 8.03. The van der Waals surface area contributed by atoms with Gasteiger partial charge in [-0.05, 0) is 36.6 Å². The quantitative estimate of drug-likeness (QED) is 0.429. The van der Waals surface area contributed by atoms with Crippen molar-refractivity contribution in [2.24, 2.45) is 0 Å². The molecule has 0 fully saturated rings. The number of unbranched alkanes of at least 4 members (excludes halogenated alkanes) is 4. The zero-order chi connectivity index (χ0) is 14.5. The summed E-state index contributed by atoms with van der Waals surface area (Å²) < 4.78 is 0. The summed E-state index contributed by atoms with van der Waals surface area (Å²) in [5.41, 5.74) is 5.39. The van der Waals surface area contributed by atoms with Gasteiger partial charge < -0.3 is 0 Å². The van der Waals surface area contributed by atoms with Gasteiger partial charge in [-0.1, -0.05) is 56.9 Å². The number of fused-ring (bicyclic) bond motifs is 2. The van der Waals surface area contributed by atoms with Crippen molar-refractivity contribution in [3.63, 3.8) is 0 Å². The Morgan fingerprint density at radius 2 is 1.41 bits per heavy atom. The van der Waals surface area contributed by atoms with Crippen molar-refractivity contribution in [1.82, 2.24) is 9.97 Å². The van der Waals surface area contributed by atoms with Crippen LogP contribution in [0.25, 0.3) is 22.1 Å². The molecule has 0 saturated carbocycles. The van der Waals surface area contributed by atoms with E-state index in [1.807, 2.05) is 24.3 Å². The highest BCUT2D eigenvalue weighted by Crippen LogP contribution is 2.21. The zero-order valence-corrected chi connectivity index (χ0v) is 13.9. The fraction of sp³-hybridized carbons (Fsp3) is 0.368. The molecule has 2 aromatic carbocycles. The lowest BCUT2D eigenvalue weighted by atomic mass is 10.0. The van der Waals surface area contributed by atoms with Crippen LogP contribution in [-0.4, -0.2) is 9.97 Å². The van der Waals surface area contributed by atoms with Crippen molar-refractivity contribution < 1.29 is 0 Å². The van der Waals surface area contributed by atoms with Crippen LogP contribution in [0.2, 0.25) is 0 Å². The third-order valence-electron chi connectivity index (χ3n) is 4.00. The molecule has 3 aromatic rings. The standard InChI is InChI=1S/C19H22N2.ClH/c1-2-3-4-5-6-10-15-11-9-14-18-19(15)21-17-13-8-7-12-16(17)20-18;/h7-9,11-14H,2-6,10H2,1H3;1H. The van der Waals surface area contributed by atoms with Crippen LogP contribution in [-0.2, 0) is 6.42 Å². The molecule has 22 heavy (non-hydrogen) atoms. The first-order valence-corrected chi connectivity index (χ1v) is 8.03. The molecular formula is C19H23ClN2. The average molecular weight is 315 g/mol. The maximum Gasteiger partial charge on any atom is 0.0926 e. The Morgan fingerprint density at radius 1 is 0.727 bits per heavy atom. The molecular weight excluding hydrogens is 292 g/mol. The third-order valence-corrected chi connectivity index (χ3v) is 4.00. The van der Waals surface area contributed by atoms with E-state index in [1.54, 1.807) is 0 Å². The number of benzene rings is 2. The van der Waals surface area contributed by atoms with Gasteiger partial charge in [0, 0.05) is 0 Å². The second kappa shape index (κ2) is 8.09. The van der Waals surface area contributed by atoms with Crippen molar-refractivity contribution in [3.05, 3.63) is 48.0 Å². The van der Waals surface area contributed by atoms with Crippen LogP contribution < -0.4 is 0 Å². The van der Waals surface area contributed by atoms with E-state index in [0.29, 0.717) is 0 Å². The van der Waals surface area contributed by atoms with Crippen LogP contribution in [0.4, 0.5) is 0 Å². The van der Waals surface area contributed by atoms with E-state index in [-0.39, 0.29) is 12.4 Å². The summed E-state index contributed by atoms with van der Waals surface area (Å²) in [4.78, 5) is 9.56. The molecule has 3 rings (SSSR count). The minimum Gasteiger partial charge on any atom is -0.244 e. The molecule has 0 saturated heterocycles. The van der Waals surface area contributed by atoms with E-state index >= 15 is 0 Å². The van der Waals surface area contributed by atoms with Gasteiger partial charge in [-0.2, -0.15) is 0 Å². The maximum absolute atomic E-state index is 4.83. The van der Waals surface area contributed by atoms with E-state index in [1.165, 1.54) is 37.7 Å². The lowest BCUT2D eigenvalue weighted by Gasteiger charge is -2.07. The lowest BCUT2D eigenvalue weighted by Crippen LogP contribution is -1.93. The fourth-order valence-electron chi connectivity index (χ4n) is 2.82. The zero-order valence-electron chi connectivity index (χ0n) is 13.1. The van der Waals surface area contributed by atoms with Gasteiger partial charge >= 0.3 is 0 Å². The van der Waals surface area contributed by atoms with Gasteiger partial charge in [0.15, 0.2) is 0 Å². The predicted octanol–water partition coefficient (Wildman–Crippen LogP) is 5.72. The summed E-state index contributed by atoms with van der Waals surface area (Å²) >= 11 is 0. The first kappa shape index (κ1) is 16.7. The second-order valence-electron chi connectivity index (χ2n) is 5.66. The number of hydrogen-bond acceptors (Lipinski definition) is 2. The maximum atomic E-state index is 4.83. The molecule has 116 valence electrons. The summed E-state index contributed by atoms with van der Waals surface area (Å²) in [6.45, 7) is 2.26. The number of hydrogen-bond donors (Lipinski definition) is 0. The van der Waals surface area contributed by atoms with Crippen molar-refractivity contribution >= 4 is 34.5 Å². The van der Waals surface area contributed by atoms with E-state index in [9.17, 15) is 0 Å². The number of halogens is 1. The molecule has 0 bridgehead atoms. The molecule has 0 N–H and O–H groups in total. The van der Waals surface area contributed by atoms with Crippen molar-refractivity contribution in [2.75, 3.05) is 0 Å². The molecule has 3 heteroatoms. The largest absolute Gasteiger partial charge is 0.244 e. The number of aromatic nitrogens is 2. The Labute approximate surface area is 138 Å². The molecule has 0 aliphatic carbocycles. The van der Waals surface area contributed by atoms with Crippen LogP contribution in [0, 0.1) is 0 Å². The van der Waals surface area contributed by atoms with Crippen LogP contribution in [0.3, 0.4) is 0 Å². The van der Waals surface area contributed by atoms with Crippen LogP contribution in [0.1, 0.15) is 44.6 Å². The molecule has 1 aromatic heterocycles. The van der Waals surface area contributed by atoms with Gasteiger partial charge in [-0.15, -0.1) is 12.4 Å². The van der Waals surface area contributed by atoms with Crippen molar-refractivity contribution in [2.45, 2.75) is 45.4 Å². The Balaban J connectivity index is 0.00000176. The minimum absolute atomic E-state index is 0. The summed E-state index contributed by atoms with van der Waals surface area (Å²) in [6, 6.07) is 14.5. The van der Waals surface area contributed by atoms with Crippen LogP contribution >= 0.6 is 12.4 Å². The van der Waals surface area contributed by atoms with E-state index < -0.39 is 0 Å². The normalized spacial score (nSPS) is 10.8. The smallest absolute Gasteiger partial charge is 0.0926 e. The first-order chi connectivity index (χ1) is 10.4. The average Bonchev–Trinajstić information content (AvgIpc) is 2.53. The monoisotopic (exact) mass is 314 g/mol. The van der Waals surface area contributed by atoms with Gasteiger partial charge in [0.2, 0.25) is 0 Å². The highest BCUT2D eigenvalue weighted by Gasteiger charge is 2.05. The second-order valence-corrected chi connectivity index (χ2v) is 5.66. The Kier molecular flexibility index (Phi) is 6.14. The topological polar surface area (TPSA) is 25.8 Å².